The van der Waals surface area contributed by atoms with Crippen LogP contribution in [0.1, 0.15) is 187 Å². The summed E-state index contributed by atoms with van der Waals surface area (Å²) >= 11 is 0. The number of allylic oxidation sites excluding steroid dienone is 8. The Balaban J connectivity index is 4.18. The third-order valence-electron chi connectivity index (χ3n) is 8.98. The number of carbonyl (C=O) groups excluding carboxylic acids is 2. The molecule has 3 N–H and O–H groups in total. The van der Waals surface area contributed by atoms with E-state index in [9.17, 15) is 19.0 Å². The highest BCUT2D eigenvalue weighted by atomic mass is 31.2. The van der Waals surface area contributed by atoms with E-state index < -0.39 is 32.5 Å². The quantitative estimate of drug-likeness (QED) is 0.0269. The highest BCUT2D eigenvalue weighted by molar-refractivity contribution is 7.47. The number of hydrogen-bond donors (Lipinski definition) is 2. The molecular weight excluding hydrogens is 701 g/mol. The van der Waals surface area contributed by atoms with Crippen molar-refractivity contribution in [3.8, 4) is 0 Å². The van der Waals surface area contributed by atoms with E-state index in [1.165, 1.54) is 96.3 Å². The molecule has 0 fully saturated rings. The maximum Gasteiger partial charge on any atom is 0.472 e. The van der Waals surface area contributed by atoms with Crippen molar-refractivity contribution < 1.29 is 37.6 Å². The minimum Gasteiger partial charge on any atom is -0.462 e. The first kappa shape index (κ1) is 52.0. The van der Waals surface area contributed by atoms with E-state index in [1.54, 1.807) is 0 Å². The van der Waals surface area contributed by atoms with E-state index >= 15 is 0 Å². The second-order valence-corrected chi connectivity index (χ2v) is 15.6. The molecule has 9 nitrogen and oxygen atoms in total. The van der Waals surface area contributed by atoms with E-state index in [4.69, 9.17) is 24.3 Å². The number of phosphoric acid groups is 1. The van der Waals surface area contributed by atoms with Gasteiger partial charge in [-0.2, -0.15) is 0 Å². The highest BCUT2D eigenvalue weighted by Crippen LogP contribution is 2.43. The Kier molecular flexibility index (Phi) is 39.1. The van der Waals surface area contributed by atoms with E-state index in [0.717, 1.165) is 57.8 Å². The molecule has 1 unspecified atom stereocenters. The molecule has 0 spiro atoms. The Hall–Kier alpha value is -2.03. The Morgan fingerprint density at radius 2 is 1.02 bits per heavy atom. The van der Waals surface area contributed by atoms with E-state index in [1.807, 2.05) is 0 Å². The summed E-state index contributed by atoms with van der Waals surface area (Å²) in [7, 11) is -4.39. The first-order chi connectivity index (χ1) is 26.3. The maximum atomic E-state index is 12.5. The molecule has 10 heteroatoms. The molecule has 0 aromatic heterocycles. The predicted octanol–water partition coefficient (Wildman–Crippen LogP) is 12.3. The van der Waals surface area contributed by atoms with Crippen molar-refractivity contribution in [3.05, 3.63) is 48.6 Å². The first-order valence-corrected chi connectivity index (χ1v) is 23.1. The molecule has 0 heterocycles. The van der Waals surface area contributed by atoms with Gasteiger partial charge in [0.1, 0.15) is 6.61 Å². The van der Waals surface area contributed by atoms with Crippen LogP contribution in [0.2, 0.25) is 0 Å². The van der Waals surface area contributed by atoms with Gasteiger partial charge in [0.15, 0.2) is 6.10 Å². The number of rotatable bonds is 40. The summed E-state index contributed by atoms with van der Waals surface area (Å²) in [6.45, 7) is 3.58. The van der Waals surface area contributed by atoms with E-state index in [2.05, 4.69) is 62.5 Å². The monoisotopic (exact) mass is 782 g/mol. The van der Waals surface area contributed by atoms with Gasteiger partial charge in [0.05, 0.1) is 13.2 Å². The van der Waals surface area contributed by atoms with Gasteiger partial charge >= 0.3 is 19.8 Å². The fourth-order valence-electron chi connectivity index (χ4n) is 5.80. The van der Waals surface area contributed by atoms with Crippen LogP contribution in [0.4, 0.5) is 0 Å². The average molecular weight is 782 g/mol. The zero-order chi connectivity index (χ0) is 39.6. The molecule has 0 aliphatic heterocycles. The van der Waals surface area contributed by atoms with Crippen LogP contribution in [0.3, 0.4) is 0 Å². The number of ether oxygens (including phenoxy) is 2. The van der Waals surface area contributed by atoms with Crippen molar-refractivity contribution in [3.63, 3.8) is 0 Å². The van der Waals surface area contributed by atoms with Crippen molar-refractivity contribution in [2.24, 2.45) is 5.73 Å². The molecule has 54 heavy (non-hydrogen) atoms. The fraction of sp³-hybridized carbons (Fsp3) is 0.773. The van der Waals surface area contributed by atoms with Crippen LogP contribution in [0.15, 0.2) is 48.6 Å². The number of carbonyl (C=O) groups is 2. The molecule has 0 amide bonds. The van der Waals surface area contributed by atoms with E-state index in [0.29, 0.717) is 6.42 Å². The summed E-state index contributed by atoms with van der Waals surface area (Å²) in [6.07, 6.45) is 45.8. The molecule has 0 aromatic rings. The van der Waals surface area contributed by atoms with Crippen LogP contribution in [-0.2, 0) is 32.7 Å². The Morgan fingerprint density at radius 1 is 0.574 bits per heavy atom. The molecule has 0 bridgehead atoms. The van der Waals surface area contributed by atoms with Crippen LogP contribution < -0.4 is 5.73 Å². The molecule has 0 saturated carbocycles. The maximum absolute atomic E-state index is 12.5. The molecule has 2 atom stereocenters. The van der Waals surface area contributed by atoms with Crippen molar-refractivity contribution in [2.45, 2.75) is 193 Å². The van der Waals surface area contributed by atoms with Crippen molar-refractivity contribution >= 4 is 19.8 Å². The SMILES string of the molecule is CC/C=C/C/C=C/C/C=C/C/C=C/CCCCC(=O)O[C@H](COC(=O)CCCCCCCCCCCCCCCCCCCC)COP(=O)(O)OCCN. The fourth-order valence-corrected chi connectivity index (χ4v) is 6.57. The number of nitrogens with two attached hydrogens (primary N) is 1. The van der Waals surface area contributed by atoms with Crippen molar-refractivity contribution in [1.82, 2.24) is 0 Å². The number of hydrogen-bond acceptors (Lipinski definition) is 8. The van der Waals surface area contributed by atoms with Crippen LogP contribution >= 0.6 is 7.82 Å². The zero-order valence-corrected chi connectivity index (χ0v) is 35.3. The van der Waals surface area contributed by atoms with Gasteiger partial charge in [0, 0.05) is 19.4 Å². The Morgan fingerprint density at radius 3 is 1.52 bits per heavy atom. The number of phosphoric ester groups is 1. The first-order valence-electron chi connectivity index (χ1n) is 21.6. The zero-order valence-electron chi connectivity index (χ0n) is 34.4. The molecule has 0 radical (unpaired) electrons. The van der Waals surface area contributed by atoms with Crippen LogP contribution in [0.25, 0.3) is 0 Å². The summed E-state index contributed by atoms with van der Waals surface area (Å²) in [4.78, 5) is 34.8. The Labute approximate surface area is 330 Å². The topological polar surface area (TPSA) is 134 Å². The summed E-state index contributed by atoms with van der Waals surface area (Å²) in [5, 5.41) is 0. The van der Waals surface area contributed by atoms with Crippen LogP contribution in [-0.4, -0.2) is 49.3 Å². The highest BCUT2D eigenvalue weighted by Gasteiger charge is 2.26. The van der Waals surface area contributed by atoms with Crippen molar-refractivity contribution in [1.29, 1.82) is 0 Å². The van der Waals surface area contributed by atoms with Gasteiger partial charge in [0.2, 0.25) is 0 Å². The number of esters is 2. The standard InChI is InChI=1S/C44H80NO8P/c1-3-5-7-9-11-13-15-17-19-20-21-23-24-26-28-30-32-34-36-43(46)50-40-42(41-52-54(48,49)51-39-38-45)53-44(47)37-35-33-31-29-27-25-22-18-16-14-12-10-8-6-4-2/h6,8,12,14,18,22,27,29,42H,3-5,7,9-11,13,15-17,19-21,23-26,28,30-41,45H2,1-2H3,(H,48,49)/b8-6+,14-12+,22-18+,29-27+/t42-/m1/s1. The van der Waals surface area contributed by atoms with Gasteiger partial charge in [-0.05, 0) is 51.4 Å². The summed E-state index contributed by atoms with van der Waals surface area (Å²) in [5.41, 5.74) is 5.34. The Bertz CT molecular complexity index is 1030. The summed E-state index contributed by atoms with van der Waals surface area (Å²) < 4.78 is 32.7. The molecule has 0 aliphatic rings. The van der Waals surface area contributed by atoms with Crippen LogP contribution in [0.5, 0.6) is 0 Å². The lowest BCUT2D eigenvalue weighted by Gasteiger charge is -2.19. The van der Waals surface area contributed by atoms with Gasteiger partial charge in [-0.25, -0.2) is 4.57 Å². The van der Waals surface area contributed by atoms with Gasteiger partial charge in [-0.15, -0.1) is 0 Å². The second-order valence-electron chi connectivity index (χ2n) is 14.2. The van der Waals surface area contributed by atoms with Gasteiger partial charge in [-0.1, -0.05) is 172 Å². The number of unbranched alkanes of at least 4 members (excludes halogenated alkanes) is 19. The lowest BCUT2D eigenvalue weighted by atomic mass is 10.0. The summed E-state index contributed by atoms with van der Waals surface area (Å²) in [6, 6.07) is 0. The van der Waals surface area contributed by atoms with E-state index in [-0.39, 0.29) is 32.6 Å². The lowest BCUT2D eigenvalue weighted by Crippen LogP contribution is -2.29. The van der Waals surface area contributed by atoms with Gasteiger partial charge < -0.3 is 20.1 Å². The van der Waals surface area contributed by atoms with Gasteiger partial charge in [0.25, 0.3) is 0 Å². The normalized spacial score (nSPS) is 13.8. The minimum absolute atomic E-state index is 0.0459. The third kappa shape index (κ3) is 39.7. The van der Waals surface area contributed by atoms with Crippen LogP contribution in [0, 0.1) is 0 Å². The lowest BCUT2D eigenvalue weighted by molar-refractivity contribution is -0.161. The van der Waals surface area contributed by atoms with Crippen molar-refractivity contribution in [2.75, 3.05) is 26.4 Å². The molecule has 0 aliphatic carbocycles. The van der Waals surface area contributed by atoms with Gasteiger partial charge in [-0.3, -0.25) is 18.6 Å². The minimum atomic E-state index is -4.39. The molecule has 314 valence electrons. The smallest absolute Gasteiger partial charge is 0.462 e. The average Bonchev–Trinajstić information content (AvgIpc) is 3.16. The third-order valence-corrected chi connectivity index (χ3v) is 9.96. The molecular formula is C44H80NO8P. The molecule has 0 aromatic carbocycles. The molecule has 0 saturated heterocycles. The summed E-state index contributed by atoms with van der Waals surface area (Å²) in [5.74, 6) is -0.874. The largest absolute Gasteiger partial charge is 0.472 e. The second kappa shape index (κ2) is 40.6. The molecule has 0 rings (SSSR count). The predicted molar refractivity (Wildman–Crippen MR) is 224 cm³/mol.